The van der Waals surface area contributed by atoms with Gasteiger partial charge in [0.15, 0.2) is 5.82 Å². The average Bonchev–Trinajstić information content (AvgIpc) is 2.54. The molecule has 24 heavy (non-hydrogen) atoms. The third-order valence-electron chi connectivity index (χ3n) is 3.60. The molecule has 0 atom stereocenters. The number of pyridine rings is 2. The standard InChI is InChI=1S/C18H24FN5/c1-4-5-6-9-24(18-17(20)8-7-13(2)22-18)14(3)23-16-10-15(19)11-21-12-16/h7-8,10-12,23H,3-6,9,20H2,1-2H3. The van der Waals surface area contributed by atoms with E-state index >= 15 is 0 Å². The van der Waals surface area contributed by atoms with Crippen molar-refractivity contribution in [1.82, 2.24) is 9.97 Å². The fraction of sp³-hybridized carbons (Fsp3) is 0.333. The number of nitrogen functional groups attached to an aromatic ring is 1. The minimum Gasteiger partial charge on any atom is -0.396 e. The van der Waals surface area contributed by atoms with Gasteiger partial charge >= 0.3 is 0 Å². The first kappa shape index (κ1) is 17.7. The van der Waals surface area contributed by atoms with E-state index in [1.807, 2.05) is 24.0 Å². The number of unbranched alkanes of at least 4 members (excludes halogenated alkanes) is 2. The fourth-order valence-corrected chi connectivity index (χ4v) is 2.37. The van der Waals surface area contributed by atoms with E-state index < -0.39 is 5.82 Å². The summed E-state index contributed by atoms with van der Waals surface area (Å²) in [5.41, 5.74) is 8.09. The summed E-state index contributed by atoms with van der Waals surface area (Å²) in [6.45, 7) is 8.86. The summed E-state index contributed by atoms with van der Waals surface area (Å²) in [4.78, 5) is 10.3. The van der Waals surface area contributed by atoms with Crippen molar-refractivity contribution >= 4 is 17.2 Å². The lowest BCUT2D eigenvalue weighted by Gasteiger charge is -2.27. The van der Waals surface area contributed by atoms with Crippen LogP contribution in [0.1, 0.15) is 31.9 Å². The van der Waals surface area contributed by atoms with Crippen molar-refractivity contribution < 1.29 is 4.39 Å². The summed E-state index contributed by atoms with van der Waals surface area (Å²) in [5.74, 6) is 0.842. The second-order valence-corrected chi connectivity index (χ2v) is 5.69. The molecule has 5 nitrogen and oxygen atoms in total. The summed E-state index contributed by atoms with van der Waals surface area (Å²) < 4.78 is 13.3. The predicted octanol–water partition coefficient (Wildman–Crippen LogP) is 4.09. The molecule has 0 aliphatic rings. The normalized spacial score (nSPS) is 10.5. The molecule has 2 rings (SSSR count). The van der Waals surface area contributed by atoms with Gasteiger partial charge in [-0.05, 0) is 25.5 Å². The third-order valence-corrected chi connectivity index (χ3v) is 3.60. The van der Waals surface area contributed by atoms with Crippen molar-refractivity contribution in [2.45, 2.75) is 33.1 Å². The quantitative estimate of drug-likeness (QED) is 0.714. The molecule has 0 saturated carbocycles. The van der Waals surface area contributed by atoms with E-state index in [2.05, 4.69) is 28.8 Å². The smallest absolute Gasteiger partial charge is 0.157 e. The number of nitrogens with one attached hydrogen (secondary N) is 1. The second kappa shape index (κ2) is 8.29. The van der Waals surface area contributed by atoms with Crippen LogP contribution >= 0.6 is 0 Å². The van der Waals surface area contributed by atoms with Gasteiger partial charge in [0.2, 0.25) is 0 Å². The molecule has 0 radical (unpaired) electrons. The van der Waals surface area contributed by atoms with Crippen LogP contribution < -0.4 is 16.0 Å². The molecule has 2 aromatic heterocycles. The molecule has 2 aromatic rings. The van der Waals surface area contributed by atoms with E-state index in [1.165, 1.54) is 6.07 Å². The van der Waals surface area contributed by atoms with E-state index in [4.69, 9.17) is 5.73 Å². The molecule has 128 valence electrons. The number of aromatic nitrogens is 2. The molecule has 0 unspecified atom stereocenters. The first-order valence-electron chi connectivity index (χ1n) is 8.08. The van der Waals surface area contributed by atoms with Gasteiger partial charge in [-0.15, -0.1) is 0 Å². The summed E-state index contributed by atoms with van der Waals surface area (Å²) >= 11 is 0. The molecule has 0 bridgehead atoms. The fourth-order valence-electron chi connectivity index (χ4n) is 2.37. The molecule has 0 amide bonds. The summed E-state index contributed by atoms with van der Waals surface area (Å²) in [6, 6.07) is 5.08. The van der Waals surface area contributed by atoms with Gasteiger partial charge in [-0.25, -0.2) is 9.37 Å². The van der Waals surface area contributed by atoms with Crippen molar-refractivity contribution in [2.24, 2.45) is 0 Å². The summed E-state index contributed by atoms with van der Waals surface area (Å²) in [5, 5.41) is 3.09. The topological polar surface area (TPSA) is 67.1 Å². The van der Waals surface area contributed by atoms with E-state index in [9.17, 15) is 4.39 Å². The number of nitrogens with two attached hydrogens (primary N) is 1. The Morgan fingerprint density at radius 2 is 2.12 bits per heavy atom. The van der Waals surface area contributed by atoms with Crippen molar-refractivity contribution in [3.63, 3.8) is 0 Å². The summed E-state index contributed by atoms with van der Waals surface area (Å²) in [6.07, 6.45) is 5.89. The van der Waals surface area contributed by atoms with Crippen LogP contribution in [0.3, 0.4) is 0 Å². The lowest BCUT2D eigenvalue weighted by atomic mass is 10.2. The molecule has 2 heterocycles. The number of hydrogen-bond acceptors (Lipinski definition) is 5. The maximum atomic E-state index is 13.3. The number of anilines is 3. The third kappa shape index (κ3) is 4.68. The van der Waals surface area contributed by atoms with Gasteiger partial charge in [0.1, 0.15) is 11.6 Å². The van der Waals surface area contributed by atoms with E-state index in [-0.39, 0.29) is 0 Å². The highest BCUT2D eigenvalue weighted by Crippen LogP contribution is 2.25. The van der Waals surface area contributed by atoms with E-state index in [0.717, 1.165) is 37.7 Å². The van der Waals surface area contributed by atoms with Crippen LogP contribution in [0.15, 0.2) is 43.0 Å². The Hall–Kier alpha value is -2.63. The Bertz CT molecular complexity index is 702. The van der Waals surface area contributed by atoms with Gasteiger partial charge in [0.25, 0.3) is 0 Å². The number of hydrogen-bond donors (Lipinski definition) is 2. The molecule has 3 N–H and O–H groups in total. The predicted molar refractivity (Wildman–Crippen MR) is 97.2 cm³/mol. The molecule has 0 aromatic carbocycles. The lowest BCUT2D eigenvalue weighted by molar-refractivity contribution is 0.622. The van der Waals surface area contributed by atoms with Gasteiger partial charge in [-0.3, -0.25) is 4.98 Å². The highest BCUT2D eigenvalue weighted by atomic mass is 19.1. The van der Waals surface area contributed by atoms with Crippen LogP contribution in [0.2, 0.25) is 0 Å². The zero-order valence-corrected chi connectivity index (χ0v) is 14.2. The van der Waals surface area contributed by atoms with Crippen LogP contribution in [0.4, 0.5) is 21.6 Å². The number of aryl methyl sites for hydroxylation is 1. The largest absolute Gasteiger partial charge is 0.396 e. The highest BCUT2D eigenvalue weighted by Gasteiger charge is 2.15. The van der Waals surface area contributed by atoms with Crippen LogP contribution in [-0.2, 0) is 0 Å². The SMILES string of the molecule is C=C(Nc1cncc(F)c1)N(CCCCC)c1nc(C)ccc1N. The molecule has 0 saturated heterocycles. The highest BCUT2D eigenvalue weighted by molar-refractivity contribution is 5.67. The Balaban J connectivity index is 2.24. The molecular weight excluding hydrogens is 305 g/mol. The van der Waals surface area contributed by atoms with Crippen LogP contribution in [0.5, 0.6) is 0 Å². The van der Waals surface area contributed by atoms with Crippen molar-refractivity contribution in [3.05, 3.63) is 54.5 Å². The Labute approximate surface area is 142 Å². The van der Waals surface area contributed by atoms with Crippen LogP contribution in [0, 0.1) is 12.7 Å². The van der Waals surface area contributed by atoms with E-state index in [1.54, 1.807) is 6.20 Å². The lowest BCUT2D eigenvalue weighted by Crippen LogP contribution is -2.29. The maximum absolute atomic E-state index is 13.3. The van der Waals surface area contributed by atoms with Crippen molar-refractivity contribution in [2.75, 3.05) is 22.5 Å². The zero-order valence-electron chi connectivity index (χ0n) is 14.2. The Kier molecular flexibility index (Phi) is 6.12. The molecule has 0 fully saturated rings. The zero-order chi connectivity index (χ0) is 17.5. The number of rotatable bonds is 8. The molecule has 0 aliphatic heterocycles. The van der Waals surface area contributed by atoms with Gasteiger partial charge in [-0.2, -0.15) is 0 Å². The first-order chi connectivity index (χ1) is 11.5. The Morgan fingerprint density at radius 1 is 1.33 bits per heavy atom. The molecule has 0 spiro atoms. The van der Waals surface area contributed by atoms with E-state index in [0.29, 0.717) is 23.0 Å². The minimum absolute atomic E-state index is 0.404. The van der Waals surface area contributed by atoms with Crippen molar-refractivity contribution in [3.8, 4) is 0 Å². The molecular formula is C18H24FN5. The first-order valence-corrected chi connectivity index (χ1v) is 8.08. The second-order valence-electron chi connectivity index (χ2n) is 5.69. The van der Waals surface area contributed by atoms with Gasteiger partial charge in [0.05, 0.1) is 23.8 Å². The van der Waals surface area contributed by atoms with Gasteiger partial charge in [0, 0.05) is 18.3 Å². The van der Waals surface area contributed by atoms with Crippen LogP contribution in [0.25, 0.3) is 0 Å². The number of nitrogens with zero attached hydrogens (tertiary/aromatic N) is 3. The number of halogens is 1. The molecule has 6 heteroatoms. The van der Waals surface area contributed by atoms with Gasteiger partial charge in [-0.1, -0.05) is 26.3 Å². The van der Waals surface area contributed by atoms with Crippen LogP contribution in [-0.4, -0.2) is 16.5 Å². The monoisotopic (exact) mass is 329 g/mol. The maximum Gasteiger partial charge on any atom is 0.157 e. The molecule has 0 aliphatic carbocycles. The summed E-state index contributed by atoms with van der Waals surface area (Å²) in [7, 11) is 0. The Morgan fingerprint density at radius 3 is 2.83 bits per heavy atom. The minimum atomic E-state index is -0.404. The van der Waals surface area contributed by atoms with Gasteiger partial charge < -0.3 is 16.0 Å². The average molecular weight is 329 g/mol. The van der Waals surface area contributed by atoms with Crippen molar-refractivity contribution in [1.29, 1.82) is 0 Å².